The summed E-state index contributed by atoms with van der Waals surface area (Å²) in [6.45, 7) is 0. The van der Waals surface area contributed by atoms with E-state index >= 15 is 0 Å². The van der Waals surface area contributed by atoms with Crippen LogP contribution >= 0.6 is 0 Å². The highest BCUT2D eigenvalue weighted by Crippen LogP contribution is 2.25. The van der Waals surface area contributed by atoms with Gasteiger partial charge in [-0.15, -0.1) is 0 Å². The quantitative estimate of drug-likeness (QED) is 0.701. The number of nitriles is 1. The van der Waals surface area contributed by atoms with Crippen molar-refractivity contribution in [3.05, 3.63) is 54.4 Å². The van der Waals surface area contributed by atoms with Crippen molar-refractivity contribution in [2.24, 2.45) is 0 Å². The molecule has 0 aliphatic rings. The van der Waals surface area contributed by atoms with E-state index < -0.39 is 0 Å². The molecule has 0 fully saturated rings. The number of rotatable bonds is 2. The second-order valence-electron chi connectivity index (χ2n) is 4.08. The zero-order chi connectivity index (χ0) is 13.2. The number of imidazole rings is 1. The molecule has 2 aromatic heterocycles. The minimum Gasteiger partial charge on any atom is -0.497 e. The van der Waals surface area contributed by atoms with Crippen molar-refractivity contribution in [3.8, 4) is 23.2 Å². The minimum atomic E-state index is 0.429. The smallest absolute Gasteiger partial charge is 0.166 e. The molecule has 4 nitrogen and oxygen atoms in total. The van der Waals surface area contributed by atoms with Gasteiger partial charge in [0.25, 0.3) is 0 Å². The van der Waals surface area contributed by atoms with Crippen molar-refractivity contribution < 1.29 is 4.74 Å². The number of pyridine rings is 1. The van der Waals surface area contributed by atoms with E-state index in [0.29, 0.717) is 5.69 Å². The van der Waals surface area contributed by atoms with E-state index in [1.165, 1.54) is 0 Å². The lowest BCUT2D eigenvalue weighted by molar-refractivity contribution is 0.415. The first-order valence-electron chi connectivity index (χ1n) is 5.85. The Hall–Kier alpha value is -2.80. The molecule has 0 radical (unpaired) electrons. The van der Waals surface area contributed by atoms with Gasteiger partial charge in [0.05, 0.1) is 12.6 Å². The molecule has 0 spiro atoms. The molecule has 0 N–H and O–H groups in total. The zero-order valence-electron chi connectivity index (χ0n) is 10.4. The largest absolute Gasteiger partial charge is 0.497 e. The predicted molar refractivity (Wildman–Crippen MR) is 71.9 cm³/mol. The van der Waals surface area contributed by atoms with Crippen LogP contribution in [0.1, 0.15) is 5.69 Å². The van der Waals surface area contributed by atoms with Gasteiger partial charge in [-0.25, -0.2) is 4.98 Å². The van der Waals surface area contributed by atoms with Crippen molar-refractivity contribution in [3.63, 3.8) is 0 Å². The first-order valence-corrected chi connectivity index (χ1v) is 5.85. The molecule has 0 saturated heterocycles. The highest BCUT2D eigenvalue weighted by Gasteiger charge is 2.12. The fourth-order valence-electron chi connectivity index (χ4n) is 2.09. The summed E-state index contributed by atoms with van der Waals surface area (Å²) in [4.78, 5) is 4.40. The van der Waals surface area contributed by atoms with Crippen molar-refractivity contribution in [1.29, 1.82) is 5.26 Å². The standard InChI is InChI=1S/C15H11N3O/c1-19-12-6-4-5-11(9-12)15-17-13(10-16)14-7-2-3-8-18(14)15/h2-9H,1H3. The van der Waals surface area contributed by atoms with Gasteiger partial charge in [0, 0.05) is 11.8 Å². The molecule has 0 saturated carbocycles. The van der Waals surface area contributed by atoms with Crippen molar-refractivity contribution in [2.75, 3.05) is 7.11 Å². The molecule has 0 aliphatic carbocycles. The number of methoxy groups -OCH3 is 1. The Kier molecular flexibility index (Phi) is 2.66. The normalized spacial score (nSPS) is 10.3. The number of hydrogen-bond donors (Lipinski definition) is 0. The van der Waals surface area contributed by atoms with Crippen LogP contribution < -0.4 is 4.74 Å². The van der Waals surface area contributed by atoms with E-state index in [4.69, 9.17) is 10.00 Å². The average molecular weight is 249 g/mol. The number of ether oxygens (including phenoxy) is 1. The van der Waals surface area contributed by atoms with Crippen molar-refractivity contribution in [1.82, 2.24) is 9.38 Å². The summed E-state index contributed by atoms with van der Waals surface area (Å²) >= 11 is 0. The molecule has 3 rings (SSSR count). The van der Waals surface area contributed by atoms with E-state index in [-0.39, 0.29) is 0 Å². The van der Waals surface area contributed by atoms with Gasteiger partial charge in [-0.05, 0) is 24.3 Å². The molecule has 4 heteroatoms. The highest BCUT2D eigenvalue weighted by atomic mass is 16.5. The SMILES string of the molecule is COc1cccc(-c2nc(C#N)c3ccccn23)c1. The second-order valence-corrected chi connectivity index (χ2v) is 4.08. The summed E-state index contributed by atoms with van der Waals surface area (Å²) < 4.78 is 7.13. The number of benzene rings is 1. The Morgan fingerprint density at radius 3 is 2.89 bits per heavy atom. The monoisotopic (exact) mass is 249 g/mol. The van der Waals surface area contributed by atoms with Gasteiger partial charge in [0.1, 0.15) is 17.6 Å². The maximum Gasteiger partial charge on any atom is 0.166 e. The van der Waals surface area contributed by atoms with Crippen LogP contribution in [-0.4, -0.2) is 16.5 Å². The summed E-state index contributed by atoms with van der Waals surface area (Å²) in [6.07, 6.45) is 1.90. The molecule has 0 amide bonds. The maximum absolute atomic E-state index is 9.15. The van der Waals surface area contributed by atoms with Gasteiger partial charge in [-0.3, -0.25) is 4.40 Å². The Morgan fingerprint density at radius 2 is 2.11 bits per heavy atom. The molecular formula is C15H11N3O. The maximum atomic E-state index is 9.15. The molecule has 19 heavy (non-hydrogen) atoms. The lowest BCUT2D eigenvalue weighted by Crippen LogP contribution is -1.89. The molecule has 2 heterocycles. The van der Waals surface area contributed by atoms with Crippen molar-refractivity contribution >= 4 is 5.52 Å². The van der Waals surface area contributed by atoms with Crippen LogP contribution in [0.4, 0.5) is 0 Å². The van der Waals surface area contributed by atoms with Crippen LogP contribution in [0, 0.1) is 11.3 Å². The van der Waals surface area contributed by atoms with Crippen molar-refractivity contribution in [2.45, 2.75) is 0 Å². The fourth-order valence-corrected chi connectivity index (χ4v) is 2.09. The van der Waals surface area contributed by atoms with Crippen LogP contribution in [0.5, 0.6) is 5.75 Å². The van der Waals surface area contributed by atoms with Crippen LogP contribution in [0.2, 0.25) is 0 Å². The minimum absolute atomic E-state index is 0.429. The third-order valence-electron chi connectivity index (χ3n) is 2.98. The Labute approximate surface area is 110 Å². The molecule has 92 valence electrons. The summed E-state index contributed by atoms with van der Waals surface area (Å²) in [7, 11) is 1.63. The summed E-state index contributed by atoms with van der Waals surface area (Å²) in [5, 5.41) is 9.15. The van der Waals surface area contributed by atoms with E-state index in [1.807, 2.05) is 53.1 Å². The molecule has 0 unspecified atom stereocenters. The number of nitrogens with zero attached hydrogens (tertiary/aromatic N) is 3. The first-order chi connectivity index (χ1) is 9.33. The Balaban J connectivity index is 2.28. The lowest BCUT2D eigenvalue weighted by Gasteiger charge is -2.03. The van der Waals surface area contributed by atoms with Crippen LogP contribution in [0.25, 0.3) is 16.9 Å². The number of fused-ring (bicyclic) bond motifs is 1. The number of aromatic nitrogens is 2. The second kappa shape index (κ2) is 4.46. The highest BCUT2D eigenvalue weighted by molar-refractivity contribution is 5.68. The fraction of sp³-hybridized carbons (Fsp3) is 0.0667. The van der Waals surface area contributed by atoms with E-state index in [2.05, 4.69) is 11.1 Å². The third-order valence-corrected chi connectivity index (χ3v) is 2.98. The lowest BCUT2D eigenvalue weighted by atomic mass is 10.2. The topological polar surface area (TPSA) is 50.3 Å². The Bertz CT molecular complexity index is 783. The van der Waals surface area contributed by atoms with Gasteiger partial charge < -0.3 is 4.74 Å². The van der Waals surface area contributed by atoms with Crippen LogP contribution in [0.15, 0.2) is 48.7 Å². The first kappa shape index (κ1) is 11.3. The van der Waals surface area contributed by atoms with Gasteiger partial charge in [0.2, 0.25) is 0 Å². The summed E-state index contributed by atoms with van der Waals surface area (Å²) in [5.41, 5.74) is 2.16. The Morgan fingerprint density at radius 1 is 1.21 bits per heavy atom. The predicted octanol–water partition coefficient (Wildman–Crippen LogP) is 2.88. The molecule has 3 aromatic rings. The molecule has 0 atom stereocenters. The summed E-state index contributed by atoms with van der Waals surface area (Å²) in [6, 6.07) is 15.5. The van der Waals surface area contributed by atoms with E-state index in [1.54, 1.807) is 7.11 Å². The third kappa shape index (κ3) is 1.81. The van der Waals surface area contributed by atoms with Crippen LogP contribution in [-0.2, 0) is 0 Å². The summed E-state index contributed by atoms with van der Waals surface area (Å²) in [5.74, 6) is 1.51. The van der Waals surface area contributed by atoms with Gasteiger partial charge in [-0.2, -0.15) is 5.26 Å². The molecular weight excluding hydrogens is 238 g/mol. The zero-order valence-corrected chi connectivity index (χ0v) is 10.4. The van der Waals surface area contributed by atoms with Gasteiger partial charge in [0.15, 0.2) is 5.69 Å². The number of hydrogen-bond acceptors (Lipinski definition) is 3. The van der Waals surface area contributed by atoms with Gasteiger partial charge in [-0.1, -0.05) is 18.2 Å². The molecule has 0 bridgehead atoms. The molecule has 0 aliphatic heterocycles. The van der Waals surface area contributed by atoms with E-state index in [0.717, 1.165) is 22.7 Å². The van der Waals surface area contributed by atoms with Crippen LogP contribution in [0.3, 0.4) is 0 Å². The average Bonchev–Trinajstić information content (AvgIpc) is 2.86. The van der Waals surface area contributed by atoms with E-state index in [9.17, 15) is 0 Å². The molecule has 1 aromatic carbocycles. The van der Waals surface area contributed by atoms with Gasteiger partial charge >= 0.3 is 0 Å².